The van der Waals surface area contributed by atoms with E-state index in [2.05, 4.69) is 27.9 Å². The van der Waals surface area contributed by atoms with E-state index in [0.29, 0.717) is 5.92 Å². The molecule has 0 atom stereocenters. The van der Waals surface area contributed by atoms with Gasteiger partial charge in [0.15, 0.2) is 5.65 Å². The number of aryl methyl sites for hydroxylation is 1. The summed E-state index contributed by atoms with van der Waals surface area (Å²) in [5.74, 6) is 1.81. The minimum atomic E-state index is 0.588. The predicted octanol–water partition coefficient (Wildman–Crippen LogP) is 1.92. The normalized spacial score (nSPS) is 17.7. The van der Waals surface area contributed by atoms with Crippen LogP contribution in [0.5, 0.6) is 0 Å². The van der Waals surface area contributed by atoms with E-state index in [1.807, 2.05) is 12.3 Å². The summed E-state index contributed by atoms with van der Waals surface area (Å²) in [6, 6.07) is 4.01. The third kappa shape index (κ3) is 1.82. The van der Waals surface area contributed by atoms with Crippen LogP contribution in [0.25, 0.3) is 11.2 Å². The van der Waals surface area contributed by atoms with Crippen molar-refractivity contribution in [3.8, 4) is 0 Å². The number of imidazole rings is 1. The molecule has 3 heterocycles. The summed E-state index contributed by atoms with van der Waals surface area (Å²) in [4.78, 5) is 9.23. The molecule has 1 aliphatic rings. The molecule has 0 bridgehead atoms. The van der Waals surface area contributed by atoms with Crippen molar-refractivity contribution in [2.75, 3.05) is 13.1 Å². The third-order valence-electron chi connectivity index (χ3n) is 3.55. The van der Waals surface area contributed by atoms with Gasteiger partial charge in [0, 0.05) is 18.7 Å². The number of hydrogen-bond donors (Lipinski definition) is 1. The lowest BCUT2D eigenvalue weighted by atomic mass is 9.97. The fraction of sp³-hybridized carbons (Fsp3) is 0.538. The van der Waals surface area contributed by atoms with Crippen molar-refractivity contribution in [3.05, 3.63) is 24.2 Å². The summed E-state index contributed by atoms with van der Waals surface area (Å²) in [6.45, 7) is 5.32. The van der Waals surface area contributed by atoms with Gasteiger partial charge in [0.2, 0.25) is 0 Å². The summed E-state index contributed by atoms with van der Waals surface area (Å²) in [7, 11) is 0. The van der Waals surface area contributed by atoms with Crippen molar-refractivity contribution >= 4 is 11.2 Å². The Morgan fingerprint density at radius 3 is 3.00 bits per heavy atom. The molecular weight excluding hydrogens is 212 g/mol. The zero-order chi connectivity index (χ0) is 11.7. The molecule has 0 aromatic carbocycles. The molecule has 1 saturated heterocycles. The van der Waals surface area contributed by atoms with Gasteiger partial charge in [-0.1, -0.05) is 0 Å². The third-order valence-corrected chi connectivity index (χ3v) is 3.55. The van der Waals surface area contributed by atoms with E-state index >= 15 is 0 Å². The minimum Gasteiger partial charge on any atom is -0.317 e. The first-order chi connectivity index (χ1) is 8.40. The van der Waals surface area contributed by atoms with E-state index in [9.17, 15) is 0 Å². The summed E-state index contributed by atoms with van der Waals surface area (Å²) in [5, 5.41) is 3.40. The first kappa shape index (κ1) is 10.7. The highest BCUT2D eigenvalue weighted by Crippen LogP contribution is 2.27. The molecule has 0 amide bonds. The van der Waals surface area contributed by atoms with Gasteiger partial charge in [-0.25, -0.2) is 9.97 Å². The molecule has 4 nitrogen and oxygen atoms in total. The Kier molecular flexibility index (Phi) is 2.81. The second kappa shape index (κ2) is 4.45. The smallest absolute Gasteiger partial charge is 0.159 e. The lowest BCUT2D eigenvalue weighted by Gasteiger charge is -2.22. The molecule has 0 radical (unpaired) electrons. The van der Waals surface area contributed by atoms with Crippen LogP contribution in [0.15, 0.2) is 18.3 Å². The number of hydrogen-bond acceptors (Lipinski definition) is 3. The Labute approximate surface area is 101 Å². The second-order valence-electron chi connectivity index (χ2n) is 4.58. The fourth-order valence-corrected chi connectivity index (χ4v) is 2.68. The highest BCUT2D eigenvalue weighted by molar-refractivity contribution is 5.71. The van der Waals surface area contributed by atoms with Crippen LogP contribution in [0, 0.1) is 0 Å². The molecule has 1 N–H and O–H groups in total. The lowest BCUT2D eigenvalue weighted by molar-refractivity contribution is 0.434. The molecule has 0 unspecified atom stereocenters. The van der Waals surface area contributed by atoms with Crippen LogP contribution < -0.4 is 5.32 Å². The van der Waals surface area contributed by atoms with Crippen LogP contribution >= 0.6 is 0 Å². The van der Waals surface area contributed by atoms with Crippen molar-refractivity contribution in [2.24, 2.45) is 0 Å². The van der Waals surface area contributed by atoms with E-state index < -0.39 is 0 Å². The molecule has 4 heteroatoms. The Balaban J connectivity index is 2.08. The SMILES string of the molecule is CCn1c(C2CCNCC2)nc2cccnc21. The molecule has 1 aliphatic heterocycles. The summed E-state index contributed by atoms with van der Waals surface area (Å²) >= 11 is 0. The van der Waals surface area contributed by atoms with E-state index in [4.69, 9.17) is 4.98 Å². The van der Waals surface area contributed by atoms with Crippen LogP contribution in [-0.2, 0) is 6.54 Å². The topological polar surface area (TPSA) is 42.7 Å². The Morgan fingerprint density at radius 2 is 2.24 bits per heavy atom. The molecule has 0 aliphatic carbocycles. The maximum Gasteiger partial charge on any atom is 0.159 e. The van der Waals surface area contributed by atoms with Gasteiger partial charge in [-0.15, -0.1) is 0 Å². The number of piperidine rings is 1. The molecule has 90 valence electrons. The number of rotatable bonds is 2. The van der Waals surface area contributed by atoms with E-state index in [1.54, 1.807) is 0 Å². The molecule has 2 aromatic rings. The van der Waals surface area contributed by atoms with E-state index in [1.165, 1.54) is 18.7 Å². The number of aromatic nitrogens is 3. The standard InChI is InChI=1S/C13H18N4/c1-2-17-12(10-5-8-14-9-6-10)16-11-4-3-7-15-13(11)17/h3-4,7,10,14H,2,5-6,8-9H2,1H3. The van der Waals surface area contributed by atoms with Gasteiger partial charge in [0.05, 0.1) is 0 Å². The molecule has 3 rings (SSSR count). The Hall–Kier alpha value is -1.42. The van der Waals surface area contributed by atoms with Gasteiger partial charge in [0.25, 0.3) is 0 Å². The first-order valence-corrected chi connectivity index (χ1v) is 6.42. The molecule has 2 aromatic heterocycles. The van der Waals surface area contributed by atoms with Crippen LogP contribution in [0.2, 0.25) is 0 Å². The first-order valence-electron chi connectivity index (χ1n) is 6.42. The van der Waals surface area contributed by atoms with Gasteiger partial charge in [-0.05, 0) is 45.0 Å². The molecule has 17 heavy (non-hydrogen) atoms. The quantitative estimate of drug-likeness (QED) is 0.857. The molecule has 0 saturated carbocycles. The zero-order valence-electron chi connectivity index (χ0n) is 10.2. The van der Waals surface area contributed by atoms with Crippen LogP contribution in [0.1, 0.15) is 31.5 Å². The number of nitrogens with one attached hydrogen (secondary N) is 1. The highest BCUT2D eigenvalue weighted by atomic mass is 15.1. The van der Waals surface area contributed by atoms with E-state index in [0.717, 1.165) is 30.8 Å². The summed E-state index contributed by atoms with van der Waals surface area (Å²) < 4.78 is 2.27. The van der Waals surface area contributed by atoms with Crippen molar-refractivity contribution in [2.45, 2.75) is 32.2 Å². The zero-order valence-corrected chi connectivity index (χ0v) is 10.2. The molecular formula is C13H18N4. The number of nitrogens with zero attached hydrogens (tertiary/aromatic N) is 3. The average Bonchev–Trinajstić information content (AvgIpc) is 2.78. The highest BCUT2D eigenvalue weighted by Gasteiger charge is 2.21. The minimum absolute atomic E-state index is 0.588. The van der Waals surface area contributed by atoms with Crippen molar-refractivity contribution in [1.29, 1.82) is 0 Å². The fourth-order valence-electron chi connectivity index (χ4n) is 2.68. The maximum atomic E-state index is 4.78. The lowest BCUT2D eigenvalue weighted by Crippen LogP contribution is -2.28. The largest absolute Gasteiger partial charge is 0.317 e. The van der Waals surface area contributed by atoms with Gasteiger partial charge in [-0.3, -0.25) is 0 Å². The van der Waals surface area contributed by atoms with E-state index in [-0.39, 0.29) is 0 Å². The van der Waals surface area contributed by atoms with Crippen molar-refractivity contribution in [3.63, 3.8) is 0 Å². The monoisotopic (exact) mass is 230 g/mol. The van der Waals surface area contributed by atoms with Crippen LogP contribution in [-0.4, -0.2) is 27.6 Å². The maximum absolute atomic E-state index is 4.78. The van der Waals surface area contributed by atoms with Crippen molar-refractivity contribution < 1.29 is 0 Å². The number of pyridine rings is 1. The summed E-state index contributed by atoms with van der Waals surface area (Å²) in [6.07, 6.45) is 4.22. The number of fused-ring (bicyclic) bond motifs is 1. The summed E-state index contributed by atoms with van der Waals surface area (Å²) in [5.41, 5.74) is 2.06. The average molecular weight is 230 g/mol. The molecule has 1 fully saturated rings. The van der Waals surface area contributed by atoms with Gasteiger partial charge in [0.1, 0.15) is 11.3 Å². The Morgan fingerprint density at radius 1 is 1.41 bits per heavy atom. The van der Waals surface area contributed by atoms with Crippen molar-refractivity contribution in [1.82, 2.24) is 19.9 Å². The van der Waals surface area contributed by atoms with Gasteiger partial charge >= 0.3 is 0 Å². The second-order valence-corrected chi connectivity index (χ2v) is 4.58. The van der Waals surface area contributed by atoms with Gasteiger partial charge in [-0.2, -0.15) is 0 Å². The molecule has 0 spiro atoms. The Bertz CT molecular complexity index is 511. The van der Waals surface area contributed by atoms with Gasteiger partial charge < -0.3 is 9.88 Å². The van der Waals surface area contributed by atoms with Crippen LogP contribution in [0.3, 0.4) is 0 Å². The predicted molar refractivity (Wildman–Crippen MR) is 68.0 cm³/mol. The van der Waals surface area contributed by atoms with Crippen LogP contribution in [0.4, 0.5) is 0 Å².